The maximum Gasteiger partial charge on any atom is 0.409 e. The van der Waals surface area contributed by atoms with Gasteiger partial charge in [-0.1, -0.05) is 106 Å². The largest absolute Gasteiger partial charge is 0.481 e. The van der Waals surface area contributed by atoms with Crippen molar-refractivity contribution in [1.82, 2.24) is 84.2 Å². The van der Waals surface area contributed by atoms with Crippen LogP contribution >= 0.6 is 22.7 Å². The minimum absolute atomic E-state index is 0.0247. The summed E-state index contributed by atoms with van der Waals surface area (Å²) in [5, 5.41) is 89.4. The summed E-state index contributed by atoms with van der Waals surface area (Å²) in [7, 11) is 0. The Balaban J connectivity index is 1.03. The fraction of sp³-hybridized carbons (Fsp3) is 0.531. The second kappa shape index (κ2) is 51.7. The summed E-state index contributed by atoms with van der Waals surface area (Å²) in [4.78, 5) is 262. The van der Waals surface area contributed by atoms with Crippen LogP contribution in [-0.4, -0.2) is 266 Å². The molecule has 4 bridgehead atoms. The van der Waals surface area contributed by atoms with E-state index in [2.05, 4.69) is 74.4 Å². The number of aliphatic hydroxyl groups excluding tert-OH is 1. The smallest absolute Gasteiger partial charge is 0.409 e. The number of amides is 15. The molecule has 42 heteroatoms. The highest BCUT2D eigenvalue weighted by Crippen LogP contribution is 2.36. The van der Waals surface area contributed by atoms with E-state index in [0.29, 0.717) is 23.1 Å². The second-order valence-corrected chi connectivity index (χ2v) is 39.5. The first-order valence-corrected chi connectivity index (χ1v) is 49.4. The molecule has 10 rings (SSSR count). The Morgan fingerprint density at radius 1 is 0.543 bits per heavy atom. The van der Waals surface area contributed by atoms with Crippen molar-refractivity contribution in [3.63, 3.8) is 0 Å². The first kappa shape index (κ1) is 109. The number of carbonyl (C=O) groups is 18. The van der Waals surface area contributed by atoms with Gasteiger partial charge in [0.1, 0.15) is 66.1 Å². The lowest BCUT2D eigenvalue weighted by molar-refractivity contribution is -0.146. The van der Waals surface area contributed by atoms with Crippen molar-refractivity contribution in [2.45, 2.75) is 291 Å². The van der Waals surface area contributed by atoms with Crippen molar-refractivity contribution in [1.29, 1.82) is 0 Å². The Labute approximate surface area is 819 Å². The number of ether oxygens (including phenoxy) is 1. The normalized spacial score (nSPS) is 27.9. The Morgan fingerprint density at radius 3 is 1.78 bits per heavy atom. The number of aliphatic carboxylic acids is 2. The number of piperidine rings is 1. The van der Waals surface area contributed by atoms with E-state index in [4.69, 9.17) is 10.5 Å². The van der Waals surface area contributed by atoms with Crippen LogP contribution in [0.15, 0.2) is 125 Å². The van der Waals surface area contributed by atoms with Gasteiger partial charge in [0.2, 0.25) is 82.7 Å². The number of carboxylic acids is 3. The zero-order chi connectivity index (χ0) is 102. The van der Waals surface area contributed by atoms with Gasteiger partial charge < -0.3 is 110 Å². The molecule has 3 aromatic carbocycles. The molecule has 2 spiro atoms. The number of allylic oxidation sites excluding steroid dienone is 3. The van der Waals surface area contributed by atoms with E-state index < -0.39 is 227 Å². The topological polar surface area (TPSA) is 598 Å². The van der Waals surface area contributed by atoms with Crippen LogP contribution in [0, 0.1) is 5.41 Å². The Hall–Kier alpha value is -13.1. The van der Waals surface area contributed by atoms with Crippen molar-refractivity contribution in [3.8, 4) is 0 Å². The number of aromatic carboxylic acids is 1. The van der Waals surface area contributed by atoms with Gasteiger partial charge in [0.15, 0.2) is 0 Å². The van der Waals surface area contributed by atoms with Gasteiger partial charge in [-0.3, -0.25) is 82.0 Å². The first-order chi connectivity index (χ1) is 66.6. The third kappa shape index (κ3) is 32.3. The van der Waals surface area contributed by atoms with Crippen LogP contribution in [0.4, 0.5) is 4.79 Å². The molecule has 5 aliphatic rings. The third-order valence-corrected chi connectivity index (χ3v) is 27.2. The summed E-state index contributed by atoms with van der Waals surface area (Å²) < 4.78 is 6.92. The number of cyclic esters (lactones) is 1. The van der Waals surface area contributed by atoms with E-state index in [-0.39, 0.29) is 172 Å². The van der Waals surface area contributed by atoms with Crippen LogP contribution < -0.4 is 80.2 Å². The van der Waals surface area contributed by atoms with E-state index in [1.165, 1.54) is 77.5 Å². The van der Waals surface area contributed by atoms with Crippen molar-refractivity contribution in [2.24, 2.45) is 11.1 Å². The number of rotatable bonds is 15. The highest BCUT2D eigenvalue weighted by molar-refractivity contribution is 7.17. The molecule has 3 unspecified atom stereocenters. The van der Waals surface area contributed by atoms with Crippen LogP contribution in [-0.2, 0) is 107 Å². The highest BCUT2D eigenvalue weighted by Gasteiger charge is 2.51. The van der Waals surface area contributed by atoms with E-state index in [9.17, 15) is 82.8 Å². The average Bonchev–Trinajstić information content (AvgIpc) is 1.62. The Kier molecular flexibility index (Phi) is 40.3. The van der Waals surface area contributed by atoms with Crippen molar-refractivity contribution < 1.29 is 111 Å². The molecule has 3 fully saturated rings. The highest BCUT2D eigenvalue weighted by atomic mass is 32.1. The predicted molar refractivity (Wildman–Crippen MR) is 517 cm³/mol. The summed E-state index contributed by atoms with van der Waals surface area (Å²) in [6, 6.07) is 4.02. The van der Waals surface area contributed by atoms with Crippen LogP contribution in [0.1, 0.15) is 203 Å². The number of benzene rings is 3. The molecular weight excluding hydrogens is 1850 g/mol. The van der Waals surface area contributed by atoms with Crippen LogP contribution in [0.3, 0.4) is 0 Å². The third-order valence-electron chi connectivity index (χ3n) is 25.5. The minimum Gasteiger partial charge on any atom is -0.481 e. The summed E-state index contributed by atoms with van der Waals surface area (Å²) >= 11 is 2.79. The van der Waals surface area contributed by atoms with Gasteiger partial charge in [0, 0.05) is 75.6 Å². The molecule has 0 radical (unpaired) electrons. The van der Waals surface area contributed by atoms with Crippen LogP contribution in [0.5, 0.6) is 0 Å². The lowest BCUT2D eigenvalue weighted by Crippen LogP contribution is -2.67. The number of fused-ring (bicyclic) bond motifs is 5. The zero-order valence-electron chi connectivity index (χ0n) is 79.5. The summed E-state index contributed by atoms with van der Waals surface area (Å²) in [6.07, 6.45) is 1.73. The zero-order valence-corrected chi connectivity index (χ0v) is 81.2. The molecule has 7 heterocycles. The monoisotopic (exact) mass is 1980 g/mol. The summed E-state index contributed by atoms with van der Waals surface area (Å²) in [5.74, 6) is -16.9. The maximum absolute atomic E-state index is 16.1. The number of carboxylic acid groups (broad SMARTS) is 3. The Morgan fingerprint density at radius 2 is 1.12 bits per heavy atom. The molecular formula is C98H131N17O23S2. The number of aliphatic hydroxyl groups is 1. The van der Waals surface area contributed by atoms with Gasteiger partial charge in [0.05, 0.1) is 42.6 Å². The molecule has 140 heavy (non-hydrogen) atoms. The van der Waals surface area contributed by atoms with Gasteiger partial charge in [-0.25, -0.2) is 9.59 Å². The number of likely N-dealkylation sites (tertiary alicyclic amines) is 1. The molecule has 758 valence electrons. The predicted octanol–water partition coefficient (Wildman–Crippen LogP) is 3.10. The molecule has 16 atom stereocenters. The molecule has 5 aromatic rings. The van der Waals surface area contributed by atoms with Crippen LogP contribution in [0.2, 0.25) is 0 Å². The molecule has 40 nitrogen and oxygen atoms in total. The van der Waals surface area contributed by atoms with Gasteiger partial charge in [-0.05, 0) is 203 Å². The van der Waals surface area contributed by atoms with Crippen LogP contribution in [0.25, 0.3) is 10.1 Å². The molecule has 3 saturated heterocycles. The number of hydrogen-bond donors (Lipinski definition) is 19. The van der Waals surface area contributed by atoms with Crippen molar-refractivity contribution in [3.05, 3.63) is 153 Å². The number of nitrogens with two attached hydrogens (primary N) is 1. The van der Waals surface area contributed by atoms with Crippen molar-refractivity contribution >= 4 is 139 Å². The first-order valence-electron chi connectivity index (χ1n) is 47.5. The fourth-order valence-corrected chi connectivity index (χ4v) is 19.8. The number of primary amides is 1. The molecule has 2 aromatic heterocycles. The number of nitrogens with zero attached hydrogens (tertiary/aromatic N) is 2. The second-order valence-electron chi connectivity index (χ2n) is 37.8. The van der Waals surface area contributed by atoms with E-state index in [1.54, 1.807) is 75.4 Å². The Bertz CT molecular complexity index is 5320. The van der Waals surface area contributed by atoms with Gasteiger partial charge in [0.25, 0.3) is 0 Å². The molecule has 5 aliphatic heterocycles. The minimum atomic E-state index is -2.10. The molecule has 0 aliphatic carbocycles. The quantitative estimate of drug-likeness (QED) is 0.0670. The summed E-state index contributed by atoms with van der Waals surface area (Å²) in [5.41, 5.74) is 3.28. The number of hydrogen-bond acceptors (Lipinski definition) is 24. The summed E-state index contributed by atoms with van der Waals surface area (Å²) in [6.45, 7) is 8.76. The van der Waals surface area contributed by atoms with Gasteiger partial charge >= 0.3 is 24.0 Å². The van der Waals surface area contributed by atoms with E-state index >= 15 is 24.0 Å². The molecule has 15 amide bonds. The lowest BCUT2D eigenvalue weighted by Gasteiger charge is -2.41. The standard InChI is InChI=1S/C98H131N17O23S2/c1-57-82(123)101-58(2)83(124)107-71(45-60-26-14-13-15-27-60)87(128)106-69-31-18-22-40-100-78(117)34-33-68(81(99)122)105-88(129)73(48-64-56-140-77-32-17-16-30-67(64)77)109-86(127)70(47-62-35-43-139-55-62)103-65-49-66(104-84(69)125)54-114(53-65)95(137)138-42-23-12-8-7-9-19-36-97(93(135)111-74(50-79(118)119)89(130)108-72(85(126)102-57)46-61-28-24-29-63(44-61)92(133)134)37-20-10-11-21-38-98(39-25-41-115(98)59(3)116)94(136)112-75(51-80(120)121)90(131)110-76(91(132)113-97)52-96(4,5)6/h7-8,11,13-17,21,24,26-30,32,35,43-44,55-58,65-66,68-76,91,103,113,132H,9-10,12,18-20,22-23,25,31,33-34,36-42,45-54H2,1-6H3,(H2,99,122)(H,100,117)(H,101,123)(H,102,126)(H,104,125)(H,105,129)(H,106,128)(H,107,124)(H,108,130)(H,109,127)(H,110,131)(H,111,135)(H,112,136)(H,118,119)(H,120,121)(H,133,134)/b8-7-,21-11-/t57-,58-,65?,66?,68-,69-,70-,71-,72-,73-,74-,75-,76-,91?,97+,98-/m0/s1. The maximum atomic E-state index is 16.1. The molecule has 0 saturated carbocycles. The SMILES string of the molecule is CC(=O)N1CCC[C@]12C/C=C\CCC[C@@]1(CCC/C=C\CCCOC(=O)N3CC4CC(C3)N[C@@H](Cc3ccsc3)C(=O)N[C@@H](Cc3csc5ccccc35)C(=O)N[C@H](C(N)=O)CCC(=O)NCCCC[C@H](NC(=O)[C@H](Cc3ccccc3)NC(=O)[C@H](C)NC(=O)[C@H](C)NC(=O)[C@H](Cc3cccc(C(=O)O)c3)NC(=O)[C@H](CC(=O)O)NC1=O)C(=O)N4)NC(O)[C@H](CC(C)(C)C)NC(=O)[C@H](CC(=O)O)NC2=O. The van der Waals surface area contributed by atoms with Gasteiger partial charge in [-0.15, -0.1) is 11.3 Å². The van der Waals surface area contributed by atoms with Gasteiger partial charge in [-0.2, -0.15) is 11.3 Å². The lowest BCUT2D eigenvalue weighted by atomic mass is 9.83. The van der Waals surface area contributed by atoms with Crippen molar-refractivity contribution in [2.75, 3.05) is 32.8 Å². The van der Waals surface area contributed by atoms with E-state index in [0.717, 1.165) is 10.1 Å². The fourth-order valence-electron chi connectivity index (χ4n) is 18.2. The molecule has 20 N–H and O–H groups in total. The number of thiophene rings is 2. The number of nitrogens with one attached hydrogen (secondary N) is 14. The van der Waals surface area contributed by atoms with E-state index in [1.807, 2.05) is 46.5 Å². The average molecular weight is 1980 g/mol. The number of carbonyl (C=O) groups excluding carboxylic acids is 15.